The number of amides is 1. The van der Waals surface area contributed by atoms with E-state index in [1.165, 1.54) is 12.8 Å². The summed E-state index contributed by atoms with van der Waals surface area (Å²) in [4.78, 5) is 17.2. The number of rotatable bonds is 6. The molecule has 1 aliphatic rings. The van der Waals surface area contributed by atoms with Gasteiger partial charge in [0.15, 0.2) is 5.16 Å². The zero-order chi connectivity index (χ0) is 18.8. The Kier molecular flexibility index (Phi) is 4.94. The molecule has 1 N–H and O–H groups in total. The van der Waals surface area contributed by atoms with Gasteiger partial charge in [-0.2, -0.15) is 0 Å². The predicted molar refractivity (Wildman–Crippen MR) is 106 cm³/mol. The molecule has 2 aromatic heterocycles. The zero-order valence-corrected chi connectivity index (χ0v) is 16.2. The second-order valence-electron chi connectivity index (χ2n) is 6.84. The third-order valence-corrected chi connectivity index (χ3v) is 5.66. The van der Waals surface area contributed by atoms with Gasteiger partial charge in [-0.25, -0.2) is 4.98 Å². The van der Waals surface area contributed by atoms with E-state index in [0.717, 1.165) is 33.4 Å². The third-order valence-electron chi connectivity index (χ3n) is 4.56. The topological polar surface area (TPSA) is 72.7 Å². The molecule has 1 fully saturated rings. The standard InChI is InChI=1S/C20H21N5OS/c1-13-6-9-17(23-18(13)15-7-8-15)19(26)22-16-5-3-4-14(10-16)11-27-20-24-21-12-25(20)2/h3-6,9-10,12,15H,7-8,11H2,1-2H3,(H,22,26). The first-order chi connectivity index (χ1) is 13.1. The highest BCUT2D eigenvalue weighted by molar-refractivity contribution is 7.98. The van der Waals surface area contributed by atoms with Gasteiger partial charge in [0.05, 0.1) is 0 Å². The second-order valence-corrected chi connectivity index (χ2v) is 7.78. The number of carbonyl (C=O) groups is 1. The van der Waals surface area contributed by atoms with Crippen LogP contribution in [0.15, 0.2) is 47.9 Å². The van der Waals surface area contributed by atoms with Gasteiger partial charge in [-0.3, -0.25) is 4.79 Å². The Hall–Kier alpha value is -2.67. The summed E-state index contributed by atoms with van der Waals surface area (Å²) < 4.78 is 1.89. The summed E-state index contributed by atoms with van der Waals surface area (Å²) >= 11 is 1.61. The molecule has 1 aromatic carbocycles. The number of nitrogens with zero attached hydrogens (tertiary/aromatic N) is 4. The Morgan fingerprint density at radius 1 is 1.30 bits per heavy atom. The second kappa shape index (κ2) is 7.52. The number of hydrogen-bond acceptors (Lipinski definition) is 5. The molecular formula is C20H21N5OS. The zero-order valence-electron chi connectivity index (χ0n) is 15.3. The Morgan fingerprint density at radius 2 is 2.15 bits per heavy atom. The minimum atomic E-state index is -0.171. The van der Waals surface area contributed by atoms with E-state index in [1.807, 2.05) is 41.9 Å². The van der Waals surface area contributed by atoms with Crippen molar-refractivity contribution in [2.75, 3.05) is 5.32 Å². The molecule has 0 spiro atoms. The number of aryl methyl sites for hydroxylation is 2. The number of benzene rings is 1. The van der Waals surface area contributed by atoms with E-state index in [9.17, 15) is 4.79 Å². The SMILES string of the molecule is Cc1ccc(C(=O)Nc2cccc(CSc3nncn3C)c2)nc1C1CC1. The van der Waals surface area contributed by atoms with Gasteiger partial charge in [-0.15, -0.1) is 10.2 Å². The molecule has 1 aliphatic carbocycles. The lowest BCUT2D eigenvalue weighted by Gasteiger charge is -2.09. The molecule has 0 bridgehead atoms. The number of hydrogen-bond donors (Lipinski definition) is 1. The predicted octanol–water partition coefficient (Wildman–Crippen LogP) is 3.94. The van der Waals surface area contributed by atoms with E-state index in [0.29, 0.717) is 11.6 Å². The maximum atomic E-state index is 12.6. The van der Waals surface area contributed by atoms with E-state index in [2.05, 4.69) is 27.4 Å². The molecule has 4 rings (SSSR count). The fraction of sp³-hybridized carbons (Fsp3) is 0.300. The molecule has 0 aliphatic heterocycles. The average molecular weight is 379 g/mol. The molecule has 138 valence electrons. The van der Waals surface area contributed by atoms with Crippen molar-refractivity contribution in [1.29, 1.82) is 0 Å². The van der Waals surface area contributed by atoms with Crippen LogP contribution >= 0.6 is 11.8 Å². The molecular weight excluding hydrogens is 358 g/mol. The molecule has 2 heterocycles. The minimum absolute atomic E-state index is 0.171. The molecule has 0 saturated heterocycles. The van der Waals surface area contributed by atoms with Gasteiger partial charge in [-0.05, 0) is 49.1 Å². The number of nitrogens with one attached hydrogen (secondary N) is 1. The number of aromatic nitrogens is 4. The van der Waals surface area contributed by atoms with Crippen molar-refractivity contribution in [3.05, 3.63) is 65.2 Å². The average Bonchev–Trinajstić information content (AvgIpc) is 3.42. The molecule has 3 aromatic rings. The lowest BCUT2D eigenvalue weighted by atomic mass is 10.1. The molecule has 0 unspecified atom stereocenters. The summed E-state index contributed by atoms with van der Waals surface area (Å²) in [7, 11) is 1.92. The van der Waals surface area contributed by atoms with Crippen molar-refractivity contribution in [2.24, 2.45) is 7.05 Å². The summed E-state index contributed by atoms with van der Waals surface area (Å²) in [6, 6.07) is 11.6. The van der Waals surface area contributed by atoms with Crippen LogP contribution in [0, 0.1) is 6.92 Å². The first-order valence-corrected chi connectivity index (χ1v) is 9.93. The van der Waals surface area contributed by atoms with Crippen molar-refractivity contribution in [2.45, 2.75) is 36.6 Å². The summed E-state index contributed by atoms with van der Waals surface area (Å²) in [6.45, 7) is 2.06. The summed E-state index contributed by atoms with van der Waals surface area (Å²) in [5.74, 6) is 1.11. The lowest BCUT2D eigenvalue weighted by molar-refractivity contribution is 0.102. The van der Waals surface area contributed by atoms with E-state index in [-0.39, 0.29) is 5.91 Å². The van der Waals surface area contributed by atoms with Crippen molar-refractivity contribution < 1.29 is 4.79 Å². The van der Waals surface area contributed by atoms with Crippen molar-refractivity contribution in [3.63, 3.8) is 0 Å². The Balaban J connectivity index is 1.44. The van der Waals surface area contributed by atoms with Crippen molar-refractivity contribution in [3.8, 4) is 0 Å². The molecule has 0 atom stereocenters. The number of thioether (sulfide) groups is 1. The van der Waals surface area contributed by atoms with Gasteiger partial charge in [0.2, 0.25) is 0 Å². The Bertz CT molecular complexity index is 980. The lowest BCUT2D eigenvalue weighted by Crippen LogP contribution is -2.15. The molecule has 1 amide bonds. The third kappa shape index (κ3) is 4.19. The van der Waals surface area contributed by atoms with Crippen LogP contribution in [0.3, 0.4) is 0 Å². The normalized spacial score (nSPS) is 13.6. The first-order valence-electron chi connectivity index (χ1n) is 8.95. The molecule has 1 saturated carbocycles. The first kappa shape index (κ1) is 17.7. The van der Waals surface area contributed by atoms with Gasteiger partial charge in [0.1, 0.15) is 12.0 Å². The molecule has 27 heavy (non-hydrogen) atoms. The maximum Gasteiger partial charge on any atom is 0.274 e. The highest BCUT2D eigenvalue weighted by atomic mass is 32.2. The number of anilines is 1. The van der Waals surface area contributed by atoms with Crippen LogP contribution in [0.5, 0.6) is 0 Å². The van der Waals surface area contributed by atoms with Crippen molar-refractivity contribution in [1.82, 2.24) is 19.7 Å². The fourth-order valence-corrected chi connectivity index (χ4v) is 3.76. The summed E-state index contributed by atoms with van der Waals surface area (Å²) in [5.41, 5.74) is 4.58. The van der Waals surface area contributed by atoms with E-state index < -0.39 is 0 Å². The van der Waals surface area contributed by atoms with Gasteiger partial charge >= 0.3 is 0 Å². The van der Waals surface area contributed by atoms with Crippen LogP contribution in [0.2, 0.25) is 0 Å². The van der Waals surface area contributed by atoms with Crippen LogP contribution in [0.25, 0.3) is 0 Å². The maximum absolute atomic E-state index is 12.6. The molecule has 6 nitrogen and oxygen atoms in total. The molecule has 7 heteroatoms. The van der Waals surface area contributed by atoms with Crippen LogP contribution in [0.4, 0.5) is 5.69 Å². The quantitative estimate of drug-likeness (QED) is 0.657. The fourth-order valence-electron chi connectivity index (χ4n) is 2.93. The van der Waals surface area contributed by atoms with Gasteiger partial charge in [-0.1, -0.05) is 30.0 Å². The summed E-state index contributed by atoms with van der Waals surface area (Å²) in [5, 5.41) is 11.8. The van der Waals surface area contributed by atoms with E-state index in [4.69, 9.17) is 0 Å². The van der Waals surface area contributed by atoms with E-state index in [1.54, 1.807) is 24.2 Å². The van der Waals surface area contributed by atoms with Crippen molar-refractivity contribution >= 4 is 23.4 Å². The summed E-state index contributed by atoms with van der Waals surface area (Å²) in [6.07, 6.45) is 4.03. The Morgan fingerprint density at radius 3 is 2.89 bits per heavy atom. The van der Waals surface area contributed by atoms with Gasteiger partial charge < -0.3 is 9.88 Å². The highest BCUT2D eigenvalue weighted by Gasteiger charge is 2.27. The number of carbonyl (C=O) groups excluding carboxylic acids is 1. The van der Waals surface area contributed by atoms with Crippen LogP contribution in [-0.2, 0) is 12.8 Å². The number of pyridine rings is 1. The smallest absolute Gasteiger partial charge is 0.274 e. The van der Waals surface area contributed by atoms with Gasteiger partial charge in [0, 0.05) is 30.1 Å². The van der Waals surface area contributed by atoms with Crippen LogP contribution in [-0.4, -0.2) is 25.7 Å². The largest absolute Gasteiger partial charge is 0.321 e. The van der Waals surface area contributed by atoms with Crippen LogP contribution < -0.4 is 5.32 Å². The van der Waals surface area contributed by atoms with Crippen LogP contribution in [0.1, 0.15) is 46.1 Å². The molecule has 0 radical (unpaired) electrons. The van der Waals surface area contributed by atoms with E-state index >= 15 is 0 Å². The highest BCUT2D eigenvalue weighted by Crippen LogP contribution is 2.40. The monoisotopic (exact) mass is 379 g/mol. The minimum Gasteiger partial charge on any atom is -0.321 e. The van der Waals surface area contributed by atoms with Gasteiger partial charge in [0.25, 0.3) is 5.91 Å². The Labute approximate surface area is 162 Å².